The summed E-state index contributed by atoms with van der Waals surface area (Å²) in [5.74, 6) is 1.09. The van der Waals surface area contributed by atoms with E-state index in [0.717, 1.165) is 31.7 Å². The van der Waals surface area contributed by atoms with E-state index in [2.05, 4.69) is 30.4 Å². The van der Waals surface area contributed by atoms with Crippen LogP contribution in [-0.4, -0.2) is 19.7 Å². The largest absolute Gasteiger partial charge is 0.493 e. The van der Waals surface area contributed by atoms with Gasteiger partial charge >= 0.3 is 0 Å². The zero-order valence-corrected chi connectivity index (χ0v) is 12.0. The van der Waals surface area contributed by atoms with Crippen molar-refractivity contribution in [3.8, 4) is 5.75 Å². The van der Waals surface area contributed by atoms with Crippen LogP contribution in [0.25, 0.3) is 0 Å². The second-order valence-electron chi connectivity index (χ2n) is 6.22. The Bertz CT molecular complexity index is 437. The molecule has 0 unspecified atom stereocenters. The maximum absolute atomic E-state index is 5.54. The Balaban J connectivity index is 1.43. The first-order chi connectivity index (χ1) is 9.31. The third kappa shape index (κ3) is 3.11. The van der Waals surface area contributed by atoms with Crippen molar-refractivity contribution >= 4 is 0 Å². The Hall–Kier alpha value is -1.02. The van der Waals surface area contributed by atoms with E-state index in [-0.39, 0.29) is 0 Å². The van der Waals surface area contributed by atoms with Gasteiger partial charge in [0.05, 0.1) is 6.61 Å². The predicted octanol–water partition coefficient (Wildman–Crippen LogP) is 3.33. The van der Waals surface area contributed by atoms with Crippen LogP contribution in [0.2, 0.25) is 0 Å². The quantitative estimate of drug-likeness (QED) is 0.758. The van der Waals surface area contributed by atoms with Crippen molar-refractivity contribution in [3.05, 3.63) is 29.3 Å². The van der Waals surface area contributed by atoms with Gasteiger partial charge in [0.2, 0.25) is 0 Å². The number of ether oxygens (including phenoxy) is 1. The second-order valence-corrected chi connectivity index (χ2v) is 6.22. The minimum atomic E-state index is 0.667. The summed E-state index contributed by atoms with van der Waals surface area (Å²) in [4.78, 5) is 0. The first kappa shape index (κ1) is 13.0. The number of rotatable bonds is 7. The number of fused-ring (bicyclic) bond motifs is 1. The average Bonchev–Trinajstić information content (AvgIpc) is 3.02. The van der Waals surface area contributed by atoms with Gasteiger partial charge in [-0.3, -0.25) is 0 Å². The van der Waals surface area contributed by atoms with Crippen molar-refractivity contribution in [1.82, 2.24) is 5.32 Å². The van der Waals surface area contributed by atoms with Gasteiger partial charge in [0.15, 0.2) is 0 Å². The summed E-state index contributed by atoms with van der Waals surface area (Å²) in [6.07, 6.45) is 7.81. The van der Waals surface area contributed by atoms with Crippen molar-refractivity contribution in [1.29, 1.82) is 0 Å². The third-order valence-corrected chi connectivity index (χ3v) is 4.58. The molecule has 19 heavy (non-hydrogen) atoms. The van der Waals surface area contributed by atoms with Gasteiger partial charge in [-0.1, -0.05) is 25.5 Å². The van der Waals surface area contributed by atoms with Crippen molar-refractivity contribution in [2.75, 3.05) is 19.7 Å². The van der Waals surface area contributed by atoms with Crippen LogP contribution in [0.5, 0.6) is 5.75 Å². The average molecular weight is 259 g/mol. The highest BCUT2D eigenvalue weighted by atomic mass is 16.5. The zero-order chi connectivity index (χ0) is 13.1. The van der Waals surface area contributed by atoms with E-state index in [1.54, 1.807) is 0 Å². The molecule has 1 saturated carbocycles. The predicted molar refractivity (Wildman–Crippen MR) is 78.8 cm³/mol. The fraction of sp³-hybridized carbons (Fsp3) is 0.647. The molecule has 0 amide bonds. The summed E-state index contributed by atoms with van der Waals surface area (Å²) >= 11 is 0. The van der Waals surface area contributed by atoms with Gasteiger partial charge in [-0.2, -0.15) is 0 Å². The lowest BCUT2D eigenvalue weighted by molar-refractivity contribution is 0.357. The molecular weight excluding hydrogens is 234 g/mol. The minimum absolute atomic E-state index is 0.667. The fourth-order valence-electron chi connectivity index (χ4n) is 3.20. The van der Waals surface area contributed by atoms with E-state index >= 15 is 0 Å². The SMILES string of the molecule is CCCC1(CNCCc2ccc3c(c2)CCO3)CC1. The van der Waals surface area contributed by atoms with Crippen LogP contribution in [0.15, 0.2) is 18.2 Å². The van der Waals surface area contributed by atoms with E-state index in [0.29, 0.717) is 5.41 Å². The second kappa shape index (κ2) is 5.54. The van der Waals surface area contributed by atoms with Crippen LogP contribution >= 0.6 is 0 Å². The molecule has 1 aliphatic carbocycles. The molecule has 1 fully saturated rings. The van der Waals surface area contributed by atoms with Crippen molar-refractivity contribution in [3.63, 3.8) is 0 Å². The maximum atomic E-state index is 5.54. The molecule has 0 bridgehead atoms. The molecule has 1 N–H and O–H groups in total. The van der Waals surface area contributed by atoms with Gasteiger partial charge in [0.1, 0.15) is 5.75 Å². The fourth-order valence-corrected chi connectivity index (χ4v) is 3.20. The van der Waals surface area contributed by atoms with E-state index in [1.165, 1.54) is 43.4 Å². The molecule has 2 nitrogen and oxygen atoms in total. The van der Waals surface area contributed by atoms with Gasteiger partial charge in [0.25, 0.3) is 0 Å². The Morgan fingerprint density at radius 1 is 1.32 bits per heavy atom. The van der Waals surface area contributed by atoms with Gasteiger partial charge in [-0.05, 0) is 54.8 Å². The van der Waals surface area contributed by atoms with E-state index in [9.17, 15) is 0 Å². The molecule has 3 rings (SSSR count). The van der Waals surface area contributed by atoms with Crippen LogP contribution in [-0.2, 0) is 12.8 Å². The molecule has 1 heterocycles. The molecular formula is C17H25NO. The smallest absolute Gasteiger partial charge is 0.122 e. The first-order valence-corrected chi connectivity index (χ1v) is 7.77. The summed E-state index contributed by atoms with van der Waals surface area (Å²) in [7, 11) is 0. The maximum Gasteiger partial charge on any atom is 0.122 e. The van der Waals surface area contributed by atoms with Gasteiger partial charge < -0.3 is 10.1 Å². The highest BCUT2D eigenvalue weighted by Crippen LogP contribution is 2.48. The highest BCUT2D eigenvalue weighted by Gasteiger charge is 2.40. The lowest BCUT2D eigenvalue weighted by Gasteiger charge is -2.14. The van der Waals surface area contributed by atoms with Crippen molar-refractivity contribution < 1.29 is 4.74 Å². The molecule has 1 aromatic rings. The Morgan fingerprint density at radius 3 is 3.00 bits per heavy atom. The molecule has 2 heteroatoms. The van der Waals surface area contributed by atoms with Gasteiger partial charge in [0, 0.05) is 13.0 Å². The number of hydrogen-bond donors (Lipinski definition) is 1. The Labute approximate surface area is 116 Å². The van der Waals surface area contributed by atoms with Crippen molar-refractivity contribution in [2.45, 2.75) is 45.4 Å². The summed E-state index contributed by atoms with van der Waals surface area (Å²) in [6, 6.07) is 6.67. The molecule has 0 atom stereocenters. The van der Waals surface area contributed by atoms with Crippen LogP contribution in [0.1, 0.15) is 43.7 Å². The monoisotopic (exact) mass is 259 g/mol. The minimum Gasteiger partial charge on any atom is -0.493 e. The summed E-state index contributed by atoms with van der Waals surface area (Å²) < 4.78 is 5.54. The van der Waals surface area contributed by atoms with E-state index < -0.39 is 0 Å². The van der Waals surface area contributed by atoms with Gasteiger partial charge in [-0.15, -0.1) is 0 Å². The Kier molecular flexibility index (Phi) is 3.79. The normalized spacial score (nSPS) is 19.0. The standard InChI is InChI=1S/C17H25NO/c1-2-7-17(8-9-17)13-18-10-5-14-3-4-16-15(12-14)6-11-19-16/h3-4,12,18H,2,5-11,13H2,1H3. The molecule has 0 aromatic heterocycles. The number of nitrogens with one attached hydrogen (secondary N) is 1. The number of hydrogen-bond acceptors (Lipinski definition) is 2. The third-order valence-electron chi connectivity index (χ3n) is 4.58. The summed E-state index contributed by atoms with van der Waals surface area (Å²) in [5.41, 5.74) is 3.50. The highest BCUT2D eigenvalue weighted by molar-refractivity contribution is 5.39. The summed E-state index contributed by atoms with van der Waals surface area (Å²) in [5, 5.41) is 3.66. The van der Waals surface area contributed by atoms with E-state index in [1.807, 2.05) is 0 Å². The summed E-state index contributed by atoms with van der Waals surface area (Å²) in [6.45, 7) is 5.48. The zero-order valence-electron chi connectivity index (χ0n) is 12.0. The molecule has 2 aliphatic rings. The molecule has 0 radical (unpaired) electrons. The van der Waals surface area contributed by atoms with E-state index in [4.69, 9.17) is 4.74 Å². The molecule has 0 spiro atoms. The van der Waals surface area contributed by atoms with Crippen LogP contribution in [0.3, 0.4) is 0 Å². The number of benzene rings is 1. The molecule has 1 aromatic carbocycles. The van der Waals surface area contributed by atoms with Crippen LogP contribution < -0.4 is 10.1 Å². The lowest BCUT2D eigenvalue weighted by atomic mass is 10.0. The first-order valence-electron chi connectivity index (χ1n) is 7.77. The topological polar surface area (TPSA) is 21.3 Å². The molecule has 1 aliphatic heterocycles. The molecule has 0 saturated heterocycles. The Morgan fingerprint density at radius 2 is 2.21 bits per heavy atom. The van der Waals surface area contributed by atoms with Gasteiger partial charge in [-0.25, -0.2) is 0 Å². The molecule has 104 valence electrons. The van der Waals surface area contributed by atoms with Crippen LogP contribution in [0, 0.1) is 5.41 Å². The lowest BCUT2D eigenvalue weighted by Crippen LogP contribution is -2.26. The van der Waals surface area contributed by atoms with Crippen molar-refractivity contribution in [2.24, 2.45) is 5.41 Å². The van der Waals surface area contributed by atoms with Crippen LogP contribution in [0.4, 0.5) is 0 Å².